The zero-order chi connectivity index (χ0) is 16.5. The van der Waals surface area contributed by atoms with Crippen molar-refractivity contribution >= 4 is 5.84 Å². The summed E-state index contributed by atoms with van der Waals surface area (Å²) >= 11 is 0. The van der Waals surface area contributed by atoms with Gasteiger partial charge in [0.25, 0.3) is 0 Å². The first-order valence-corrected chi connectivity index (χ1v) is 7.36. The average Bonchev–Trinajstić information content (AvgIpc) is 3.00. The van der Waals surface area contributed by atoms with Crippen molar-refractivity contribution in [2.45, 2.75) is 25.3 Å². The van der Waals surface area contributed by atoms with Gasteiger partial charge in [0, 0.05) is 30.9 Å². The standard InChI is InChI=1S/C17H27N5/c1-5-8-15(6-2)12-20-14(4)16-9-7-10-22(16)13(3)11-17(18)21-19/h5-6,8,16,20H,1-4,7,9-12,19H2,(H2,18,21)/b15-8+. The molecule has 1 unspecified atom stereocenters. The Hall–Kier alpha value is -2.43. The summed E-state index contributed by atoms with van der Waals surface area (Å²) in [5.41, 5.74) is 8.64. The molecule has 5 nitrogen and oxygen atoms in total. The van der Waals surface area contributed by atoms with Gasteiger partial charge in [0.15, 0.2) is 0 Å². The highest BCUT2D eigenvalue weighted by Gasteiger charge is 2.27. The Morgan fingerprint density at radius 1 is 1.36 bits per heavy atom. The summed E-state index contributed by atoms with van der Waals surface area (Å²) in [7, 11) is 0. The first-order chi connectivity index (χ1) is 10.5. The molecule has 0 aromatic carbocycles. The van der Waals surface area contributed by atoms with Crippen molar-refractivity contribution in [3.05, 3.63) is 61.5 Å². The van der Waals surface area contributed by atoms with Gasteiger partial charge in [-0.1, -0.05) is 44.5 Å². The highest BCUT2D eigenvalue weighted by Crippen LogP contribution is 2.26. The molecule has 1 aliphatic rings. The van der Waals surface area contributed by atoms with E-state index < -0.39 is 0 Å². The Labute approximate surface area is 133 Å². The first-order valence-electron chi connectivity index (χ1n) is 7.36. The monoisotopic (exact) mass is 301 g/mol. The number of amidine groups is 1. The van der Waals surface area contributed by atoms with Crippen LogP contribution in [-0.4, -0.2) is 29.9 Å². The smallest absolute Gasteiger partial charge is 0.125 e. The third kappa shape index (κ3) is 4.84. The lowest BCUT2D eigenvalue weighted by molar-refractivity contribution is 0.342. The van der Waals surface area contributed by atoms with E-state index in [0.29, 0.717) is 18.8 Å². The van der Waals surface area contributed by atoms with Crippen LogP contribution >= 0.6 is 0 Å². The van der Waals surface area contributed by atoms with Crippen molar-refractivity contribution < 1.29 is 0 Å². The predicted octanol–water partition coefficient (Wildman–Crippen LogP) is 1.99. The lowest BCUT2D eigenvalue weighted by Gasteiger charge is -2.30. The molecular weight excluding hydrogens is 274 g/mol. The number of nitrogens with one attached hydrogen (secondary N) is 1. The van der Waals surface area contributed by atoms with Crippen LogP contribution in [0.4, 0.5) is 0 Å². The molecule has 5 heteroatoms. The van der Waals surface area contributed by atoms with Gasteiger partial charge in [-0.15, -0.1) is 0 Å². The molecule has 0 aromatic rings. The van der Waals surface area contributed by atoms with Crippen LogP contribution in [0.5, 0.6) is 0 Å². The minimum Gasteiger partial charge on any atom is -0.385 e. The van der Waals surface area contributed by atoms with Gasteiger partial charge in [0.2, 0.25) is 0 Å². The molecule has 0 radical (unpaired) electrons. The minimum atomic E-state index is 0.216. The fourth-order valence-corrected chi connectivity index (χ4v) is 2.55. The van der Waals surface area contributed by atoms with E-state index in [0.717, 1.165) is 36.4 Å². The third-order valence-electron chi connectivity index (χ3n) is 3.73. The number of likely N-dealkylation sites (tertiary alicyclic amines) is 1. The number of nitrogens with two attached hydrogens (primary N) is 2. The van der Waals surface area contributed by atoms with Crippen molar-refractivity contribution in [2.75, 3.05) is 13.1 Å². The Morgan fingerprint density at radius 2 is 2.09 bits per heavy atom. The average molecular weight is 301 g/mol. The molecule has 1 fully saturated rings. The summed E-state index contributed by atoms with van der Waals surface area (Å²) in [5, 5.41) is 6.86. The number of hydrazone groups is 1. The molecule has 1 rings (SSSR count). The van der Waals surface area contributed by atoms with E-state index in [9.17, 15) is 0 Å². The van der Waals surface area contributed by atoms with Gasteiger partial charge in [-0.2, -0.15) is 5.10 Å². The molecular formula is C17H27N5. The summed E-state index contributed by atoms with van der Waals surface area (Å²) in [6.07, 6.45) is 8.11. The maximum absolute atomic E-state index is 5.68. The van der Waals surface area contributed by atoms with Gasteiger partial charge >= 0.3 is 0 Å². The molecule has 0 bridgehead atoms. The summed E-state index contributed by atoms with van der Waals surface area (Å²) in [6, 6.07) is 0.216. The molecule has 22 heavy (non-hydrogen) atoms. The highest BCUT2D eigenvalue weighted by atomic mass is 15.2. The third-order valence-corrected chi connectivity index (χ3v) is 3.73. The molecule has 0 spiro atoms. The molecule has 0 aliphatic carbocycles. The Balaban J connectivity index is 2.63. The lowest BCUT2D eigenvalue weighted by Crippen LogP contribution is -2.36. The first kappa shape index (κ1) is 17.6. The topological polar surface area (TPSA) is 79.7 Å². The zero-order valence-corrected chi connectivity index (χ0v) is 13.2. The van der Waals surface area contributed by atoms with Crippen LogP contribution in [0.1, 0.15) is 19.3 Å². The highest BCUT2D eigenvalue weighted by molar-refractivity contribution is 5.82. The number of allylic oxidation sites excluding steroid dienone is 2. The van der Waals surface area contributed by atoms with Crippen LogP contribution in [0.3, 0.4) is 0 Å². The molecule has 0 amide bonds. The Kier molecular flexibility index (Phi) is 7.02. The van der Waals surface area contributed by atoms with E-state index in [1.807, 2.05) is 12.2 Å². The van der Waals surface area contributed by atoms with E-state index in [1.54, 1.807) is 6.08 Å². The second-order valence-corrected chi connectivity index (χ2v) is 5.28. The fraction of sp³-hybridized carbons (Fsp3) is 0.353. The molecule has 1 saturated heterocycles. The quantitative estimate of drug-likeness (QED) is 0.200. The van der Waals surface area contributed by atoms with Crippen molar-refractivity contribution in [1.29, 1.82) is 0 Å². The van der Waals surface area contributed by atoms with Gasteiger partial charge in [0.05, 0.1) is 6.04 Å². The Bertz CT molecular complexity index is 501. The normalized spacial score (nSPS) is 18.9. The van der Waals surface area contributed by atoms with Crippen LogP contribution in [0.25, 0.3) is 0 Å². The van der Waals surface area contributed by atoms with Gasteiger partial charge in [0.1, 0.15) is 5.84 Å². The molecule has 1 aliphatic heterocycles. The summed E-state index contributed by atoms with van der Waals surface area (Å²) in [5.74, 6) is 5.57. The van der Waals surface area contributed by atoms with E-state index in [4.69, 9.17) is 11.6 Å². The van der Waals surface area contributed by atoms with Crippen molar-refractivity contribution in [3.63, 3.8) is 0 Å². The molecule has 0 saturated carbocycles. The predicted molar refractivity (Wildman–Crippen MR) is 94.9 cm³/mol. The molecule has 120 valence electrons. The van der Waals surface area contributed by atoms with Gasteiger partial charge in [-0.3, -0.25) is 0 Å². The van der Waals surface area contributed by atoms with Crippen molar-refractivity contribution in [2.24, 2.45) is 16.7 Å². The molecule has 5 N–H and O–H groups in total. The summed E-state index contributed by atoms with van der Waals surface area (Å²) in [6.45, 7) is 17.4. The maximum atomic E-state index is 5.68. The van der Waals surface area contributed by atoms with Crippen molar-refractivity contribution in [3.8, 4) is 0 Å². The number of hydrogen-bond donors (Lipinski definition) is 3. The number of nitrogens with zero attached hydrogens (tertiary/aromatic N) is 2. The largest absolute Gasteiger partial charge is 0.385 e. The van der Waals surface area contributed by atoms with Crippen LogP contribution in [-0.2, 0) is 0 Å². The number of hydrogen-bond acceptors (Lipinski definition) is 4. The van der Waals surface area contributed by atoms with Crippen LogP contribution < -0.4 is 16.9 Å². The summed E-state index contributed by atoms with van der Waals surface area (Å²) < 4.78 is 0. The fourth-order valence-electron chi connectivity index (χ4n) is 2.55. The molecule has 1 atom stereocenters. The minimum absolute atomic E-state index is 0.216. The summed E-state index contributed by atoms with van der Waals surface area (Å²) in [4.78, 5) is 2.22. The Morgan fingerprint density at radius 3 is 2.68 bits per heavy atom. The van der Waals surface area contributed by atoms with Gasteiger partial charge in [-0.25, -0.2) is 0 Å². The molecule has 1 heterocycles. The second-order valence-electron chi connectivity index (χ2n) is 5.28. The van der Waals surface area contributed by atoms with E-state index in [1.165, 1.54) is 0 Å². The van der Waals surface area contributed by atoms with E-state index in [-0.39, 0.29) is 6.04 Å². The second kappa shape index (κ2) is 8.77. The van der Waals surface area contributed by atoms with Crippen LogP contribution in [0.15, 0.2) is 66.6 Å². The number of rotatable bonds is 9. The zero-order valence-electron chi connectivity index (χ0n) is 13.2. The van der Waals surface area contributed by atoms with Gasteiger partial charge in [-0.05, 0) is 18.4 Å². The van der Waals surface area contributed by atoms with E-state index in [2.05, 4.69) is 41.6 Å². The van der Waals surface area contributed by atoms with Gasteiger partial charge < -0.3 is 21.8 Å². The maximum Gasteiger partial charge on any atom is 0.125 e. The van der Waals surface area contributed by atoms with Crippen LogP contribution in [0.2, 0.25) is 0 Å². The van der Waals surface area contributed by atoms with Crippen molar-refractivity contribution in [1.82, 2.24) is 10.2 Å². The molecule has 0 aromatic heterocycles. The van der Waals surface area contributed by atoms with E-state index >= 15 is 0 Å². The van der Waals surface area contributed by atoms with Crippen LogP contribution in [0, 0.1) is 0 Å². The lowest BCUT2D eigenvalue weighted by atomic mass is 10.1. The SMILES string of the molecule is C=C/C=C(\C=C)CNC(=C)C1CCCN1C(=C)C/C(N)=N/N.